The highest BCUT2D eigenvalue weighted by Gasteiger charge is 2.17. The first kappa shape index (κ1) is 23.5. The van der Waals surface area contributed by atoms with Crippen molar-refractivity contribution in [2.45, 2.75) is 26.9 Å². The molecule has 32 heavy (non-hydrogen) atoms. The lowest BCUT2D eigenvalue weighted by Gasteiger charge is -2.28. The monoisotopic (exact) mass is 460 g/mol. The quantitative estimate of drug-likeness (QED) is 0.474. The molecular formula is C24H26F2N2O3S. The first-order chi connectivity index (χ1) is 15.2. The van der Waals surface area contributed by atoms with Crippen molar-refractivity contribution in [3.05, 3.63) is 89.0 Å². The summed E-state index contributed by atoms with van der Waals surface area (Å²) >= 11 is 0. The SMILES string of the molecule is CCOc1ccc(CN(Cc2ccc(F)cc2F)c2cccc(NS(C)(=O)=O)c2C)cc1. The number of rotatable bonds is 9. The lowest BCUT2D eigenvalue weighted by atomic mass is 10.1. The van der Waals surface area contributed by atoms with Crippen LogP contribution in [0.4, 0.5) is 20.2 Å². The molecule has 0 heterocycles. The maximum absolute atomic E-state index is 14.4. The molecule has 5 nitrogen and oxygen atoms in total. The fourth-order valence-electron chi connectivity index (χ4n) is 3.44. The number of halogens is 2. The third-order valence-corrected chi connectivity index (χ3v) is 5.52. The molecule has 0 aliphatic rings. The second kappa shape index (κ2) is 9.99. The topological polar surface area (TPSA) is 58.6 Å². The molecule has 8 heteroatoms. The average Bonchev–Trinajstić information content (AvgIpc) is 2.72. The number of anilines is 2. The van der Waals surface area contributed by atoms with Gasteiger partial charge in [0.05, 0.1) is 18.6 Å². The van der Waals surface area contributed by atoms with Crippen LogP contribution in [0.25, 0.3) is 0 Å². The van der Waals surface area contributed by atoms with Crippen molar-refractivity contribution in [2.24, 2.45) is 0 Å². The van der Waals surface area contributed by atoms with Crippen LogP contribution in [0.1, 0.15) is 23.6 Å². The van der Waals surface area contributed by atoms with Crippen LogP contribution in [0.3, 0.4) is 0 Å². The van der Waals surface area contributed by atoms with Crippen LogP contribution >= 0.6 is 0 Å². The number of nitrogens with one attached hydrogen (secondary N) is 1. The zero-order valence-corrected chi connectivity index (χ0v) is 19.0. The van der Waals surface area contributed by atoms with Gasteiger partial charge in [-0.3, -0.25) is 4.72 Å². The minimum absolute atomic E-state index is 0.169. The molecule has 0 atom stereocenters. The minimum Gasteiger partial charge on any atom is -0.494 e. The van der Waals surface area contributed by atoms with Crippen molar-refractivity contribution in [3.63, 3.8) is 0 Å². The highest BCUT2D eigenvalue weighted by molar-refractivity contribution is 7.92. The Balaban J connectivity index is 1.99. The van der Waals surface area contributed by atoms with E-state index in [1.54, 1.807) is 19.1 Å². The second-order valence-electron chi connectivity index (χ2n) is 7.49. The first-order valence-electron chi connectivity index (χ1n) is 10.1. The van der Waals surface area contributed by atoms with Crippen molar-refractivity contribution in [1.29, 1.82) is 0 Å². The summed E-state index contributed by atoms with van der Waals surface area (Å²) in [7, 11) is -3.47. The van der Waals surface area contributed by atoms with Crippen molar-refractivity contribution in [1.82, 2.24) is 0 Å². The van der Waals surface area contributed by atoms with Gasteiger partial charge in [-0.2, -0.15) is 0 Å². The molecule has 0 radical (unpaired) electrons. The maximum atomic E-state index is 14.4. The van der Waals surface area contributed by atoms with Crippen molar-refractivity contribution >= 4 is 21.4 Å². The van der Waals surface area contributed by atoms with E-state index in [0.29, 0.717) is 30.0 Å². The highest BCUT2D eigenvalue weighted by Crippen LogP contribution is 2.30. The molecule has 3 aromatic rings. The van der Waals surface area contributed by atoms with Gasteiger partial charge in [0.2, 0.25) is 10.0 Å². The molecule has 170 valence electrons. The Hall–Kier alpha value is -3.13. The van der Waals surface area contributed by atoms with Gasteiger partial charge in [-0.1, -0.05) is 24.3 Å². The van der Waals surface area contributed by atoms with Crippen LogP contribution in [0.5, 0.6) is 5.75 Å². The molecule has 3 aromatic carbocycles. The third-order valence-electron chi connectivity index (χ3n) is 4.93. The number of ether oxygens (including phenoxy) is 1. The van der Waals surface area contributed by atoms with E-state index < -0.39 is 21.7 Å². The Bertz CT molecular complexity index is 1180. The lowest BCUT2D eigenvalue weighted by Crippen LogP contribution is -2.24. The van der Waals surface area contributed by atoms with E-state index in [-0.39, 0.29) is 6.54 Å². The number of benzene rings is 3. The summed E-state index contributed by atoms with van der Waals surface area (Å²) < 4.78 is 59.4. The van der Waals surface area contributed by atoms with Crippen LogP contribution in [-0.2, 0) is 23.1 Å². The minimum atomic E-state index is -3.47. The van der Waals surface area contributed by atoms with Gasteiger partial charge in [-0.15, -0.1) is 0 Å². The van der Waals surface area contributed by atoms with E-state index in [1.165, 1.54) is 12.1 Å². The van der Waals surface area contributed by atoms with E-state index in [4.69, 9.17) is 4.74 Å². The van der Waals surface area contributed by atoms with Crippen LogP contribution in [0, 0.1) is 18.6 Å². The molecule has 0 aliphatic carbocycles. The Morgan fingerprint density at radius 2 is 1.72 bits per heavy atom. The van der Waals surface area contributed by atoms with Crippen LogP contribution < -0.4 is 14.4 Å². The normalized spacial score (nSPS) is 11.3. The van der Waals surface area contributed by atoms with Crippen LogP contribution in [0.15, 0.2) is 60.7 Å². The summed E-state index contributed by atoms with van der Waals surface area (Å²) in [5, 5.41) is 0. The standard InChI is InChI=1S/C24H26F2N2O3S/c1-4-31-21-12-8-18(9-13-21)15-28(16-19-10-11-20(25)14-22(19)26)24-7-5-6-23(17(24)2)27-32(3,29)30/h5-14,27H,4,15-16H2,1-3H3. The van der Waals surface area contributed by atoms with Crippen LogP contribution in [0.2, 0.25) is 0 Å². The van der Waals surface area contributed by atoms with E-state index >= 15 is 0 Å². The fourth-order valence-corrected chi connectivity index (χ4v) is 4.06. The van der Waals surface area contributed by atoms with Gasteiger partial charge in [0, 0.05) is 30.4 Å². The molecule has 0 unspecified atom stereocenters. The summed E-state index contributed by atoms with van der Waals surface area (Å²) in [6.07, 6.45) is 1.09. The molecule has 3 rings (SSSR count). The predicted molar refractivity (Wildman–Crippen MR) is 124 cm³/mol. The summed E-state index contributed by atoms with van der Waals surface area (Å²) in [5.74, 6) is -0.521. The molecular weight excluding hydrogens is 434 g/mol. The number of sulfonamides is 1. The third kappa shape index (κ3) is 6.20. The summed E-state index contributed by atoms with van der Waals surface area (Å²) in [6, 6.07) is 16.3. The van der Waals surface area contributed by atoms with Crippen molar-refractivity contribution in [2.75, 3.05) is 22.5 Å². The largest absolute Gasteiger partial charge is 0.494 e. The molecule has 0 bridgehead atoms. The number of hydrogen-bond acceptors (Lipinski definition) is 4. The molecule has 0 saturated carbocycles. The Labute approximate surface area is 187 Å². The first-order valence-corrected chi connectivity index (χ1v) is 12.0. The second-order valence-corrected chi connectivity index (χ2v) is 9.24. The fraction of sp³-hybridized carbons (Fsp3) is 0.250. The Morgan fingerprint density at radius 1 is 1.00 bits per heavy atom. The molecule has 0 spiro atoms. The molecule has 0 amide bonds. The zero-order valence-electron chi connectivity index (χ0n) is 18.2. The molecule has 0 fully saturated rings. The summed E-state index contributed by atoms with van der Waals surface area (Å²) in [4.78, 5) is 1.93. The Kier molecular flexibility index (Phi) is 7.35. The van der Waals surface area contributed by atoms with Gasteiger partial charge < -0.3 is 9.64 Å². The molecule has 0 saturated heterocycles. The molecule has 0 aliphatic heterocycles. The molecule has 0 aromatic heterocycles. The van der Waals surface area contributed by atoms with Gasteiger partial charge >= 0.3 is 0 Å². The van der Waals surface area contributed by atoms with E-state index in [2.05, 4.69) is 4.72 Å². The smallest absolute Gasteiger partial charge is 0.229 e. The van der Waals surface area contributed by atoms with Gasteiger partial charge in [0.15, 0.2) is 0 Å². The van der Waals surface area contributed by atoms with Gasteiger partial charge in [0.1, 0.15) is 17.4 Å². The number of hydrogen-bond donors (Lipinski definition) is 1. The predicted octanol–water partition coefficient (Wildman–Crippen LogP) is 5.25. The Morgan fingerprint density at radius 3 is 2.34 bits per heavy atom. The van der Waals surface area contributed by atoms with Crippen LogP contribution in [-0.4, -0.2) is 21.3 Å². The van der Waals surface area contributed by atoms with E-state index in [0.717, 1.165) is 29.3 Å². The van der Waals surface area contributed by atoms with Gasteiger partial charge in [-0.25, -0.2) is 17.2 Å². The average molecular weight is 461 g/mol. The summed E-state index contributed by atoms with van der Waals surface area (Å²) in [6.45, 7) is 4.87. The van der Waals surface area contributed by atoms with Crippen molar-refractivity contribution < 1.29 is 21.9 Å². The maximum Gasteiger partial charge on any atom is 0.229 e. The van der Waals surface area contributed by atoms with E-state index in [9.17, 15) is 17.2 Å². The van der Waals surface area contributed by atoms with Crippen molar-refractivity contribution in [3.8, 4) is 5.75 Å². The van der Waals surface area contributed by atoms with Gasteiger partial charge in [-0.05, 0) is 55.3 Å². The lowest BCUT2D eigenvalue weighted by molar-refractivity contribution is 0.340. The highest BCUT2D eigenvalue weighted by atomic mass is 32.2. The van der Waals surface area contributed by atoms with Gasteiger partial charge in [0.25, 0.3) is 0 Å². The van der Waals surface area contributed by atoms with E-state index in [1.807, 2.05) is 42.2 Å². The number of nitrogens with zero attached hydrogens (tertiary/aromatic N) is 1. The zero-order chi connectivity index (χ0) is 23.3. The molecule has 1 N–H and O–H groups in total. The summed E-state index contributed by atoms with van der Waals surface area (Å²) in [5.41, 5.74) is 3.17.